The highest BCUT2D eigenvalue weighted by atomic mass is 79.9. The van der Waals surface area contributed by atoms with Crippen molar-refractivity contribution < 1.29 is 4.42 Å². The van der Waals surface area contributed by atoms with Gasteiger partial charge in [-0.15, -0.1) is 11.8 Å². The summed E-state index contributed by atoms with van der Waals surface area (Å²) in [5, 5.41) is 3.78. The second kappa shape index (κ2) is 4.07. The maximum atomic E-state index is 5.49. The van der Waals surface area contributed by atoms with Crippen LogP contribution in [0, 0.1) is 5.92 Å². The first-order valence-corrected chi connectivity index (χ1v) is 6.20. The summed E-state index contributed by atoms with van der Waals surface area (Å²) >= 11 is 5.22. The molecule has 1 saturated heterocycles. The first kappa shape index (κ1) is 9.62. The zero-order chi connectivity index (χ0) is 9.26. The van der Waals surface area contributed by atoms with Crippen molar-refractivity contribution in [1.29, 1.82) is 0 Å². The van der Waals surface area contributed by atoms with Gasteiger partial charge in [-0.05, 0) is 46.3 Å². The zero-order valence-electron chi connectivity index (χ0n) is 7.42. The van der Waals surface area contributed by atoms with Crippen LogP contribution in [0.1, 0.15) is 18.1 Å². The summed E-state index contributed by atoms with van der Waals surface area (Å²) in [6.45, 7) is 3.34. The molecular formula is C9H12BrNOS. The summed E-state index contributed by atoms with van der Waals surface area (Å²) in [5.74, 6) is 2.99. The predicted molar refractivity (Wildman–Crippen MR) is 58.8 cm³/mol. The van der Waals surface area contributed by atoms with Gasteiger partial charge in [0.1, 0.15) is 11.1 Å². The average Bonchev–Trinajstić information content (AvgIpc) is 2.53. The number of rotatable bonds is 1. The lowest BCUT2D eigenvalue weighted by atomic mass is 10.2. The Hall–Kier alpha value is 0.0700. The second-order valence-corrected chi connectivity index (χ2v) is 5.29. The molecule has 13 heavy (non-hydrogen) atoms. The summed E-state index contributed by atoms with van der Waals surface area (Å²) in [6, 6.07) is 3.96. The van der Waals surface area contributed by atoms with E-state index < -0.39 is 0 Å². The molecule has 1 fully saturated rings. The minimum atomic E-state index is 0.336. The van der Waals surface area contributed by atoms with Gasteiger partial charge in [-0.1, -0.05) is 6.92 Å². The highest BCUT2D eigenvalue weighted by molar-refractivity contribution is 9.10. The van der Waals surface area contributed by atoms with Crippen LogP contribution in [0.4, 0.5) is 0 Å². The van der Waals surface area contributed by atoms with Gasteiger partial charge in [-0.2, -0.15) is 0 Å². The molecule has 2 rings (SSSR count). The van der Waals surface area contributed by atoms with Crippen LogP contribution in [0.25, 0.3) is 0 Å². The highest BCUT2D eigenvalue weighted by Gasteiger charge is 2.21. The fraction of sp³-hybridized carbons (Fsp3) is 0.556. The van der Waals surface area contributed by atoms with Gasteiger partial charge in [0, 0.05) is 0 Å². The number of hydrogen-bond acceptors (Lipinski definition) is 3. The Morgan fingerprint density at radius 1 is 1.62 bits per heavy atom. The van der Waals surface area contributed by atoms with Crippen molar-refractivity contribution in [2.24, 2.45) is 5.92 Å². The van der Waals surface area contributed by atoms with Crippen LogP contribution in [0.15, 0.2) is 21.2 Å². The average molecular weight is 262 g/mol. The van der Waals surface area contributed by atoms with Crippen molar-refractivity contribution >= 4 is 27.7 Å². The van der Waals surface area contributed by atoms with E-state index in [2.05, 4.69) is 28.2 Å². The fourth-order valence-electron chi connectivity index (χ4n) is 1.34. The molecule has 0 aliphatic carbocycles. The summed E-state index contributed by atoms with van der Waals surface area (Å²) in [7, 11) is 0. The van der Waals surface area contributed by atoms with Crippen LogP contribution in [0.3, 0.4) is 0 Å². The van der Waals surface area contributed by atoms with E-state index >= 15 is 0 Å². The topological polar surface area (TPSA) is 25.2 Å². The molecule has 4 heteroatoms. The molecule has 0 spiro atoms. The normalized spacial score (nSPS) is 29.1. The predicted octanol–water partition coefficient (Wildman–Crippen LogP) is 3.01. The summed E-state index contributed by atoms with van der Waals surface area (Å²) in [6.07, 6.45) is 0. The van der Waals surface area contributed by atoms with Gasteiger partial charge in [0.2, 0.25) is 0 Å². The Kier molecular flexibility index (Phi) is 3.01. The molecule has 2 nitrogen and oxygen atoms in total. The molecule has 0 bridgehead atoms. The molecule has 1 aromatic heterocycles. The lowest BCUT2D eigenvalue weighted by molar-refractivity contribution is 0.436. The molecule has 0 radical (unpaired) electrons. The van der Waals surface area contributed by atoms with Crippen molar-refractivity contribution in [2.45, 2.75) is 12.3 Å². The highest BCUT2D eigenvalue weighted by Crippen LogP contribution is 2.33. The van der Waals surface area contributed by atoms with Gasteiger partial charge in [-0.3, -0.25) is 5.32 Å². The van der Waals surface area contributed by atoms with Gasteiger partial charge in [0.05, 0.1) is 0 Å². The van der Waals surface area contributed by atoms with Gasteiger partial charge >= 0.3 is 0 Å². The van der Waals surface area contributed by atoms with Gasteiger partial charge in [0.25, 0.3) is 0 Å². The first-order valence-electron chi connectivity index (χ1n) is 4.36. The van der Waals surface area contributed by atoms with E-state index in [9.17, 15) is 0 Å². The second-order valence-electron chi connectivity index (χ2n) is 3.37. The molecule has 1 aromatic rings. The number of thioether (sulfide) groups is 1. The maximum Gasteiger partial charge on any atom is 0.169 e. The van der Waals surface area contributed by atoms with E-state index in [0.29, 0.717) is 5.37 Å². The van der Waals surface area contributed by atoms with E-state index in [1.165, 1.54) is 5.75 Å². The van der Waals surface area contributed by atoms with E-state index in [1.54, 1.807) is 0 Å². The summed E-state index contributed by atoms with van der Waals surface area (Å²) < 4.78 is 6.30. The van der Waals surface area contributed by atoms with Crippen molar-refractivity contribution in [2.75, 3.05) is 12.3 Å². The SMILES string of the molecule is CC1CNC(c2ccc(Br)o2)SC1. The third kappa shape index (κ3) is 2.30. The van der Waals surface area contributed by atoms with Crippen LogP contribution in [0.2, 0.25) is 0 Å². The van der Waals surface area contributed by atoms with Crippen molar-refractivity contribution in [1.82, 2.24) is 5.32 Å². The summed E-state index contributed by atoms with van der Waals surface area (Å²) in [4.78, 5) is 0. The first-order chi connectivity index (χ1) is 6.25. The lowest BCUT2D eigenvalue weighted by Gasteiger charge is -2.25. The van der Waals surface area contributed by atoms with E-state index in [0.717, 1.165) is 22.9 Å². The molecule has 1 aliphatic heterocycles. The van der Waals surface area contributed by atoms with Crippen molar-refractivity contribution in [3.05, 3.63) is 22.6 Å². The smallest absolute Gasteiger partial charge is 0.169 e. The quantitative estimate of drug-likeness (QED) is 0.842. The van der Waals surface area contributed by atoms with Gasteiger partial charge in [0.15, 0.2) is 4.67 Å². The molecule has 0 saturated carbocycles. The number of hydrogen-bond donors (Lipinski definition) is 1. The number of nitrogens with one attached hydrogen (secondary N) is 1. The molecule has 72 valence electrons. The molecule has 2 unspecified atom stereocenters. The molecule has 2 heterocycles. The third-order valence-corrected chi connectivity index (χ3v) is 3.97. The third-order valence-electron chi connectivity index (χ3n) is 2.05. The number of furan rings is 1. The molecule has 0 aromatic carbocycles. The van der Waals surface area contributed by atoms with E-state index in [1.807, 2.05) is 23.9 Å². The summed E-state index contributed by atoms with van der Waals surface area (Å²) in [5.41, 5.74) is 0. The Morgan fingerprint density at radius 3 is 3.00 bits per heavy atom. The van der Waals surface area contributed by atoms with Gasteiger partial charge in [-0.25, -0.2) is 0 Å². The van der Waals surface area contributed by atoms with Crippen LogP contribution < -0.4 is 5.32 Å². The zero-order valence-corrected chi connectivity index (χ0v) is 9.82. The van der Waals surface area contributed by atoms with E-state index in [4.69, 9.17) is 4.42 Å². The van der Waals surface area contributed by atoms with Crippen molar-refractivity contribution in [3.8, 4) is 0 Å². The Bertz CT molecular complexity index is 281. The Labute approximate surface area is 90.6 Å². The molecule has 0 amide bonds. The lowest BCUT2D eigenvalue weighted by Crippen LogP contribution is -2.30. The van der Waals surface area contributed by atoms with Crippen LogP contribution in [-0.2, 0) is 0 Å². The van der Waals surface area contributed by atoms with Crippen LogP contribution >= 0.6 is 27.7 Å². The molecule has 1 N–H and O–H groups in total. The molecular weight excluding hydrogens is 250 g/mol. The van der Waals surface area contributed by atoms with Crippen molar-refractivity contribution in [3.63, 3.8) is 0 Å². The Balaban J connectivity index is 2.02. The van der Waals surface area contributed by atoms with Crippen LogP contribution in [-0.4, -0.2) is 12.3 Å². The largest absolute Gasteiger partial charge is 0.452 e. The Morgan fingerprint density at radius 2 is 2.46 bits per heavy atom. The maximum absolute atomic E-state index is 5.49. The van der Waals surface area contributed by atoms with E-state index in [-0.39, 0.29) is 0 Å². The number of halogens is 1. The minimum absolute atomic E-state index is 0.336. The minimum Gasteiger partial charge on any atom is -0.452 e. The molecule has 2 atom stereocenters. The standard InChI is InChI=1S/C9H12BrNOS/c1-6-4-11-9(13-5-6)7-2-3-8(10)12-7/h2-3,6,9,11H,4-5H2,1H3. The van der Waals surface area contributed by atoms with Gasteiger partial charge < -0.3 is 4.42 Å². The molecule has 1 aliphatic rings. The fourth-order valence-corrected chi connectivity index (χ4v) is 2.80. The monoisotopic (exact) mass is 261 g/mol. The van der Waals surface area contributed by atoms with Crippen LogP contribution in [0.5, 0.6) is 0 Å².